The Morgan fingerprint density at radius 2 is 1.80 bits per heavy atom. The lowest BCUT2D eigenvalue weighted by molar-refractivity contribution is 0.442. The molecule has 0 bridgehead atoms. The molecule has 0 atom stereocenters. The van der Waals surface area contributed by atoms with Crippen LogP contribution in [0.25, 0.3) is 0 Å². The first-order chi connectivity index (χ1) is 12.0. The molecule has 4 rings (SSSR count). The van der Waals surface area contributed by atoms with Gasteiger partial charge in [0.2, 0.25) is 0 Å². The number of aromatic nitrogens is 2. The van der Waals surface area contributed by atoms with Crippen molar-refractivity contribution < 1.29 is 13.2 Å². The van der Waals surface area contributed by atoms with E-state index < -0.39 is 10.0 Å². The summed E-state index contributed by atoms with van der Waals surface area (Å²) >= 11 is 0. The minimum absolute atomic E-state index is 0.104. The predicted molar refractivity (Wildman–Crippen MR) is 93.1 cm³/mol. The Labute approximate surface area is 145 Å². The summed E-state index contributed by atoms with van der Waals surface area (Å²) in [5.41, 5.74) is 1.87. The second-order valence-corrected chi connectivity index (χ2v) is 7.56. The molecule has 0 unspecified atom stereocenters. The summed E-state index contributed by atoms with van der Waals surface area (Å²) in [6.45, 7) is 2.23. The number of ether oxygens (including phenoxy) is 1. The van der Waals surface area contributed by atoms with E-state index in [0.29, 0.717) is 10.6 Å². The van der Waals surface area contributed by atoms with E-state index in [1.807, 2.05) is 37.3 Å². The molecule has 1 aliphatic heterocycles. The summed E-state index contributed by atoms with van der Waals surface area (Å²) in [6.07, 6.45) is 1.49. The number of hydrogen-bond acceptors (Lipinski definition) is 5. The number of fused-ring (bicyclic) bond motifs is 1. The minimum atomic E-state index is -3.61. The molecule has 7 heteroatoms. The molecule has 0 amide bonds. The largest absolute Gasteiger partial charge is 0.424 e. The first-order valence-electron chi connectivity index (χ1n) is 7.72. The lowest BCUT2D eigenvalue weighted by atomic mass is 10.2. The Bertz CT molecular complexity index is 1030. The monoisotopic (exact) mass is 353 g/mol. The molecule has 0 saturated carbocycles. The van der Waals surface area contributed by atoms with Gasteiger partial charge in [0.1, 0.15) is 11.6 Å². The van der Waals surface area contributed by atoms with Crippen molar-refractivity contribution in [1.82, 2.24) is 9.97 Å². The van der Waals surface area contributed by atoms with Crippen LogP contribution in [0, 0.1) is 6.92 Å². The summed E-state index contributed by atoms with van der Waals surface area (Å²) in [5.74, 6) is 0.878. The number of sulfonamides is 1. The van der Waals surface area contributed by atoms with Gasteiger partial charge in [-0.1, -0.05) is 35.9 Å². The molecule has 25 heavy (non-hydrogen) atoms. The highest BCUT2D eigenvalue weighted by Gasteiger charge is 2.35. The molecule has 0 N–H and O–H groups in total. The molecule has 6 nitrogen and oxygen atoms in total. The smallest absolute Gasteiger partial charge is 0.323 e. The summed E-state index contributed by atoms with van der Waals surface area (Å²) in [5, 5.41) is 0. The second-order valence-electron chi connectivity index (χ2n) is 5.73. The molecule has 2 aromatic carbocycles. The fraction of sp³-hybridized carbons (Fsp3) is 0.111. The molecule has 3 aromatic rings. The van der Waals surface area contributed by atoms with E-state index >= 15 is 0 Å². The quantitative estimate of drug-likeness (QED) is 0.722. The van der Waals surface area contributed by atoms with Gasteiger partial charge in [0, 0.05) is 12.3 Å². The number of hydrogen-bond donors (Lipinski definition) is 0. The Morgan fingerprint density at radius 1 is 1.04 bits per heavy atom. The number of nitrogens with zero attached hydrogens (tertiary/aromatic N) is 3. The number of rotatable bonds is 3. The maximum atomic E-state index is 12.7. The fourth-order valence-corrected chi connectivity index (χ4v) is 4.29. The Balaban J connectivity index is 1.65. The van der Waals surface area contributed by atoms with Crippen molar-refractivity contribution in [2.24, 2.45) is 0 Å². The van der Waals surface area contributed by atoms with Crippen molar-refractivity contribution in [1.29, 1.82) is 0 Å². The zero-order valence-corrected chi connectivity index (χ0v) is 14.3. The highest BCUT2D eigenvalue weighted by molar-refractivity contribution is 7.93. The van der Waals surface area contributed by atoms with E-state index in [1.165, 1.54) is 10.5 Å². The van der Waals surface area contributed by atoms with Crippen LogP contribution in [0.3, 0.4) is 0 Å². The third-order valence-electron chi connectivity index (χ3n) is 3.96. The average Bonchev–Trinajstić information content (AvgIpc) is 2.89. The fourth-order valence-electron chi connectivity index (χ4n) is 2.68. The van der Waals surface area contributed by atoms with Crippen LogP contribution in [0.1, 0.15) is 11.1 Å². The predicted octanol–water partition coefficient (Wildman–Crippen LogP) is 3.29. The van der Waals surface area contributed by atoms with Gasteiger partial charge in [-0.2, -0.15) is 4.98 Å². The first kappa shape index (κ1) is 15.6. The van der Waals surface area contributed by atoms with Gasteiger partial charge in [0.15, 0.2) is 0 Å². The molecular weight excluding hydrogens is 338 g/mol. The molecule has 0 radical (unpaired) electrons. The number of benzene rings is 2. The van der Waals surface area contributed by atoms with Gasteiger partial charge in [-0.25, -0.2) is 17.7 Å². The molecule has 0 fully saturated rings. The van der Waals surface area contributed by atoms with E-state index in [2.05, 4.69) is 9.97 Å². The summed E-state index contributed by atoms with van der Waals surface area (Å²) in [6, 6.07) is 16.1. The van der Waals surface area contributed by atoms with Crippen molar-refractivity contribution in [3.05, 3.63) is 71.9 Å². The lowest BCUT2D eigenvalue weighted by Crippen LogP contribution is -2.24. The van der Waals surface area contributed by atoms with Crippen LogP contribution in [-0.4, -0.2) is 18.4 Å². The summed E-state index contributed by atoms with van der Waals surface area (Å²) < 4.78 is 32.3. The highest BCUT2D eigenvalue weighted by Crippen LogP contribution is 2.33. The van der Waals surface area contributed by atoms with Crippen LogP contribution in [-0.2, 0) is 16.6 Å². The van der Waals surface area contributed by atoms with Crippen LogP contribution in [0.2, 0.25) is 0 Å². The van der Waals surface area contributed by atoms with Crippen molar-refractivity contribution in [2.75, 3.05) is 4.31 Å². The van der Waals surface area contributed by atoms with Gasteiger partial charge in [-0.15, -0.1) is 0 Å². The Kier molecular flexibility index (Phi) is 3.65. The maximum absolute atomic E-state index is 12.7. The average molecular weight is 353 g/mol. The van der Waals surface area contributed by atoms with Crippen LogP contribution < -0.4 is 9.04 Å². The van der Waals surface area contributed by atoms with Crippen molar-refractivity contribution in [2.45, 2.75) is 18.4 Å². The Hall–Kier alpha value is -2.93. The van der Waals surface area contributed by atoms with Crippen LogP contribution in [0.15, 0.2) is 65.7 Å². The molecule has 2 heterocycles. The molecule has 1 aromatic heterocycles. The van der Waals surface area contributed by atoms with Gasteiger partial charge in [-0.3, -0.25) is 0 Å². The van der Waals surface area contributed by atoms with Crippen LogP contribution in [0.5, 0.6) is 11.8 Å². The van der Waals surface area contributed by atoms with Gasteiger partial charge < -0.3 is 4.74 Å². The van der Waals surface area contributed by atoms with E-state index in [1.54, 1.807) is 24.3 Å². The van der Waals surface area contributed by atoms with Gasteiger partial charge in [0.25, 0.3) is 10.0 Å². The molecule has 0 saturated heterocycles. The normalized spacial score (nSPS) is 15.0. The molecule has 0 spiro atoms. The molecule has 0 aliphatic carbocycles. The van der Waals surface area contributed by atoms with Crippen molar-refractivity contribution >= 4 is 15.8 Å². The number of aryl methyl sites for hydroxylation is 1. The van der Waals surface area contributed by atoms with E-state index in [0.717, 1.165) is 11.1 Å². The zero-order chi connectivity index (χ0) is 17.4. The zero-order valence-electron chi connectivity index (χ0n) is 13.5. The Morgan fingerprint density at radius 3 is 2.56 bits per heavy atom. The SMILES string of the molecule is Cc1ccc(Oc2nccc(N3Cc4ccccc4S3(=O)=O)n2)cc1. The van der Waals surface area contributed by atoms with Gasteiger partial charge in [0.05, 0.1) is 11.4 Å². The minimum Gasteiger partial charge on any atom is -0.424 e. The second kappa shape index (κ2) is 5.86. The van der Waals surface area contributed by atoms with E-state index in [-0.39, 0.29) is 18.4 Å². The topological polar surface area (TPSA) is 72.4 Å². The van der Waals surface area contributed by atoms with Gasteiger partial charge in [-0.05, 0) is 30.7 Å². The lowest BCUT2D eigenvalue weighted by Gasteiger charge is -2.16. The van der Waals surface area contributed by atoms with Crippen LogP contribution >= 0.6 is 0 Å². The highest BCUT2D eigenvalue weighted by atomic mass is 32.2. The first-order valence-corrected chi connectivity index (χ1v) is 9.16. The van der Waals surface area contributed by atoms with E-state index in [4.69, 9.17) is 4.74 Å². The third-order valence-corrected chi connectivity index (χ3v) is 5.81. The summed E-state index contributed by atoms with van der Waals surface area (Å²) in [4.78, 5) is 8.65. The summed E-state index contributed by atoms with van der Waals surface area (Å²) in [7, 11) is -3.61. The molecule has 126 valence electrons. The molecule has 1 aliphatic rings. The number of anilines is 1. The maximum Gasteiger partial charge on any atom is 0.323 e. The van der Waals surface area contributed by atoms with Crippen LogP contribution in [0.4, 0.5) is 5.82 Å². The standard InChI is InChI=1S/C18H15N3O3S/c1-13-6-8-15(9-7-13)24-18-19-11-10-17(20-18)21-12-14-4-2-3-5-16(14)25(21,22)23/h2-11H,12H2,1H3. The molecular formula is C18H15N3O3S. The van der Waals surface area contributed by atoms with Gasteiger partial charge >= 0.3 is 6.01 Å². The van der Waals surface area contributed by atoms with Crippen molar-refractivity contribution in [3.8, 4) is 11.8 Å². The van der Waals surface area contributed by atoms with Crippen molar-refractivity contribution in [3.63, 3.8) is 0 Å². The third kappa shape index (κ3) is 2.83. The van der Waals surface area contributed by atoms with E-state index in [9.17, 15) is 8.42 Å².